The van der Waals surface area contributed by atoms with Crippen LogP contribution in [0, 0.1) is 5.41 Å². The molecular weight excluding hydrogens is 236 g/mol. The lowest BCUT2D eigenvalue weighted by Crippen LogP contribution is -2.25. The third-order valence-corrected chi connectivity index (χ3v) is 3.65. The van der Waals surface area contributed by atoms with Crippen LogP contribution < -0.4 is 4.74 Å². The Morgan fingerprint density at radius 2 is 2.00 bits per heavy atom. The highest BCUT2D eigenvalue weighted by molar-refractivity contribution is 5.46. The molecular formula is C17H26O2. The lowest BCUT2D eigenvalue weighted by atomic mass is 9.87. The zero-order chi connectivity index (χ0) is 14.3. The molecule has 2 nitrogen and oxygen atoms in total. The van der Waals surface area contributed by atoms with Gasteiger partial charge in [-0.2, -0.15) is 0 Å². The molecule has 1 heterocycles. The molecule has 0 spiro atoms. The predicted octanol–water partition coefficient (Wildman–Crippen LogP) is 4.26. The van der Waals surface area contributed by atoms with Crippen molar-refractivity contribution in [1.29, 1.82) is 0 Å². The van der Waals surface area contributed by atoms with Crippen molar-refractivity contribution < 1.29 is 9.84 Å². The minimum absolute atomic E-state index is 0.151. The summed E-state index contributed by atoms with van der Waals surface area (Å²) in [5.74, 6) is 0.911. The number of hydrogen-bond donors (Lipinski definition) is 1. The van der Waals surface area contributed by atoms with Crippen LogP contribution in [0.4, 0.5) is 0 Å². The molecule has 0 bridgehead atoms. The maximum absolute atomic E-state index is 10.4. The first-order valence-electron chi connectivity index (χ1n) is 7.17. The molecule has 1 aliphatic heterocycles. The van der Waals surface area contributed by atoms with Crippen molar-refractivity contribution in [2.75, 3.05) is 0 Å². The van der Waals surface area contributed by atoms with Gasteiger partial charge in [-0.15, -0.1) is 0 Å². The van der Waals surface area contributed by atoms with Gasteiger partial charge in [0.05, 0.1) is 6.10 Å². The van der Waals surface area contributed by atoms with E-state index >= 15 is 0 Å². The Kier molecular flexibility index (Phi) is 3.65. The summed E-state index contributed by atoms with van der Waals surface area (Å²) in [5, 5.41) is 10.4. The molecule has 0 saturated carbocycles. The smallest absolute Gasteiger partial charge is 0.129 e. The van der Waals surface area contributed by atoms with Crippen LogP contribution in [-0.2, 0) is 6.42 Å². The van der Waals surface area contributed by atoms with Crippen LogP contribution in [0.1, 0.15) is 64.7 Å². The standard InChI is InChI=1S/C17H26O2/c1-16(2,3)10-9-14(18)13-8-6-7-12-11-17(4,5)19-15(12)13/h6-8,14,18H,9-11H2,1-5H3. The molecule has 2 heteroatoms. The molecule has 1 unspecified atom stereocenters. The number of fused-ring (bicyclic) bond motifs is 1. The normalized spacial score (nSPS) is 18.8. The molecule has 0 aliphatic carbocycles. The number of aliphatic hydroxyl groups excluding tert-OH is 1. The average molecular weight is 262 g/mol. The molecule has 0 fully saturated rings. The molecule has 0 aromatic heterocycles. The van der Waals surface area contributed by atoms with Gasteiger partial charge in [0.1, 0.15) is 11.4 Å². The van der Waals surface area contributed by atoms with Crippen LogP contribution in [0.5, 0.6) is 5.75 Å². The Morgan fingerprint density at radius 3 is 2.63 bits per heavy atom. The monoisotopic (exact) mass is 262 g/mol. The summed E-state index contributed by atoms with van der Waals surface area (Å²) in [4.78, 5) is 0. The molecule has 0 amide bonds. The molecule has 1 aromatic rings. The molecule has 19 heavy (non-hydrogen) atoms. The maximum atomic E-state index is 10.4. The second kappa shape index (κ2) is 4.82. The third kappa shape index (κ3) is 3.50. The van der Waals surface area contributed by atoms with Gasteiger partial charge in [-0.1, -0.05) is 39.0 Å². The number of ether oxygens (including phenoxy) is 1. The Bertz CT molecular complexity index is 455. The van der Waals surface area contributed by atoms with Crippen LogP contribution in [0.15, 0.2) is 18.2 Å². The number of benzene rings is 1. The number of para-hydroxylation sites is 1. The lowest BCUT2D eigenvalue weighted by Gasteiger charge is -2.22. The molecule has 1 aliphatic rings. The van der Waals surface area contributed by atoms with Gasteiger partial charge in [0.2, 0.25) is 0 Å². The van der Waals surface area contributed by atoms with Crippen molar-refractivity contribution in [1.82, 2.24) is 0 Å². The fraction of sp³-hybridized carbons (Fsp3) is 0.647. The summed E-state index contributed by atoms with van der Waals surface area (Å²) in [6, 6.07) is 6.12. The molecule has 0 saturated heterocycles. The predicted molar refractivity (Wildman–Crippen MR) is 78.5 cm³/mol. The quantitative estimate of drug-likeness (QED) is 0.882. The van der Waals surface area contributed by atoms with Crippen molar-refractivity contribution in [3.05, 3.63) is 29.3 Å². The Balaban J connectivity index is 2.16. The SMILES string of the molecule is CC(C)(C)CCC(O)c1cccc2c1OC(C)(C)C2. The van der Waals surface area contributed by atoms with Gasteiger partial charge in [-0.05, 0) is 37.7 Å². The topological polar surface area (TPSA) is 29.5 Å². The van der Waals surface area contributed by atoms with E-state index in [1.807, 2.05) is 12.1 Å². The summed E-state index contributed by atoms with van der Waals surface area (Å²) in [6.07, 6.45) is 2.27. The summed E-state index contributed by atoms with van der Waals surface area (Å²) < 4.78 is 6.02. The summed E-state index contributed by atoms with van der Waals surface area (Å²) in [7, 11) is 0. The molecule has 1 atom stereocenters. The molecule has 106 valence electrons. The first-order chi connectivity index (χ1) is 8.68. The van der Waals surface area contributed by atoms with E-state index in [0.717, 1.165) is 30.6 Å². The highest BCUT2D eigenvalue weighted by Crippen LogP contribution is 2.41. The van der Waals surface area contributed by atoms with E-state index in [9.17, 15) is 5.11 Å². The zero-order valence-corrected chi connectivity index (χ0v) is 12.8. The van der Waals surface area contributed by atoms with Crippen molar-refractivity contribution in [2.45, 2.75) is 65.6 Å². The van der Waals surface area contributed by atoms with E-state index in [-0.39, 0.29) is 11.0 Å². The van der Waals surface area contributed by atoms with Crippen molar-refractivity contribution in [3.63, 3.8) is 0 Å². The Labute approximate surface area is 116 Å². The van der Waals surface area contributed by atoms with Crippen LogP contribution in [0.25, 0.3) is 0 Å². The largest absolute Gasteiger partial charge is 0.487 e. The maximum Gasteiger partial charge on any atom is 0.129 e. The van der Waals surface area contributed by atoms with E-state index in [2.05, 4.69) is 40.7 Å². The van der Waals surface area contributed by atoms with Crippen LogP contribution in [-0.4, -0.2) is 10.7 Å². The van der Waals surface area contributed by atoms with Crippen LogP contribution >= 0.6 is 0 Å². The summed E-state index contributed by atoms with van der Waals surface area (Å²) in [5.41, 5.74) is 2.27. The van der Waals surface area contributed by atoms with Crippen molar-refractivity contribution in [3.8, 4) is 5.75 Å². The summed E-state index contributed by atoms with van der Waals surface area (Å²) >= 11 is 0. The molecule has 1 N–H and O–H groups in total. The first kappa shape index (κ1) is 14.4. The van der Waals surface area contributed by atoms with Gasteiger partial charge in [0, 0.05) is 12.0 Å². The van der Waals surface area contributed by atoms with E-state index in [1.165, 1.54) is 5.56 Å². The van der Waals surface area contributed by atoms with Gasteiger partial charge in [-0.25, -0.2) is 0 Å². The Morgan fingerprint density at radius 1 is 1.32 bits per heavy atom. The molecule has 1 aromatic carbocycles. The molecule has 0 radical (unpaired) electrons. The number of hydrogen-bond acceptors (Lipinski definition) is 2. The van der Waals surface area contributed by atoms with E-state index in [0.29, 0.717) is 0 Å². The van der Waals surface area contributed by atoms with Gasteiger partial charge >= 0.3 is 0 Å². The third-order valence-electron chi connectivity index (χ3n) is 3.65. The second-order valence-corrected chi connectivity index (χ2v) is 7.49. The highest BCUT2D eigenvalue weighted by Gasteiger charge is 2.33. The molecule has 2 rings (SSSR count). The minimum atomic E-state index is -0.428. The van der Waals surface area contributed by atoms with E-state index in [1.54, 1.807) is 0 Å². The average Bonchev–Trinajstić information content (AvgIpc) is 2.58. The number of aliphatic hydroxyl groups is 1. The first-order valence-corrected chi connectivity index (χ1v) is 7.17. The van der Waals surface area contributed by atoms with Crippen LogP contribution in [0.2, 0.25) is 0 Å². The van der Waals surface area contributed by atoms with E-state index < -0.39 is 6.10 Å². The highest BCUT2D eigenvalue weighted by atomic mass is 16.5. The van der Waals surface area contributed by atoms with Crippen molar-refractivity contribution >= 4 is 0 Å². The fourth-order valence-corrected chi connectivity index (χ4v) is 2.63. The van der Waals surface area contributed by atoms with E-state index in [4.69, 9.17) is 4.74 Å². The van der Waals surface area contributed by atoms with Gasteiger partial charge < -0.3 is 9.84 Å². The second-order valence-electron chi connectivity index (χ2n) is 7.49. The Hall–Kier alpha value is -1.02. The fourth-order valence-electron chi connectivity index (χ4n) is 2.63. The van der Waals surface area contributed by atoms with Gasteiger partial charge in [-0.3, -0.25) is 0 Å². The van der Waals surface area contributed by atoms with Gasteiger partial charge in [0.25, 0.3) is 0 Å². The van der Waals surface area contributed by atoms with Crippen LogP contribution in [0.3, 0.4) is 0 Å². The van der Waals surface area contributed by atoms with Gasteiger partial charge in [0.15, 0.2) is 0 Å². The van der Waals surface area contributed by atoms with Crippen molar-refractivity contribution in [2.24, 2.45) is 5.41 Å². The minimum Gasteiger partial charge on any atom is -0.487 e. The zero-order valence-electron chi connectivity index (χ0n) is 12.8. The lowest BCUT2D eigenvalue weighted by molar-refractivity contribution is 0.118. The number of rotatable bonds is 3. The summed E-state index contributed by atoms with van der Waals surface area (Å²) in [6.45, 7) is 10.8.